The Kier molecular flexibility index (Phi) is 34.9. The number of nitrogens with zero attached hydrogens (tertiary/aromatic N) is 6. The smallest absolute Gasteiger partial charge is 0.741 e. The summed E-state index contributed by atoms with van der Waals surface area (Å²) in [6.45, 7) is 0. The van der Waals surface area contributed by atoms with Gasteiger partial charge in [-0.3, -0.25) is 19.9 Å². The van der Waals surface area contributed by atoms with Crippen molar-refractivity contribution in [2.75, 3.05) is 0 Å². The third-order valence-electron chi connectivity index (χ3n) is 6.91. The monoisotopic (exact) mass is 1460 g/mol. The Morgan fingerprint density at radius 1 is 0.233 bits per heavy atom. The van der Waals surface area contributed by atoms with E-state index in [2.05, 4.69) is 29.9 Å². The number of halogens is 18. The van der Waals surface area contributed by atoms with Crippen LogP contribution in [0.3, 0.4) is 0 Å². The molecule has 50 heteroatoms. The van der Waals surface area contributed by atoms with Crippen LogP contribution in [0.1, 0.15) is 0 Å². The zero-order chi connectivity index (χ0) is 66.4. The Bertz CT molecular complexity index is 3150. The molecule has 2 radical (unpaired) electrons. The van der Waals surface area contributed by atoms with Gasteiger partial charge < -0.3 is 27.3 Å². The van der Waals surface area contributed by atoms with Crippen molar-refractivity contribution < 1.29 is 192 Å². The maximum Gasteiger partial charge on any atom is 3.00 e. The van der Waals surface area contributed by atoms with E-state index in [0.29, 0.717) is 0 Å². The molecule has 478 valence electrons. The molecule has 0 bridgehead atoms. The van der Waals surface area contributed by atoms with E-state index in [1.54, 1.807) is 24.8 Å². The molecule has 0 saturated heterocycles. The van der Waals surface area contributed by atoms with E-state index in [1.165, 1.54) is 0 Å². The fraction of sp³-hybridized carbons (Fsp3) is 0.167. The van der Waals surface area contributed by atoms with E-state index in [4.69, 9.17) is 77.8 Å². The third-order valence-corrected chi connectivity index (χ3v) is 10.3. The molecule has 0 fully saturated rings. The molecule has 0 spiro atoms. The van der Waals surface area contributed by atoms with Gasteiger partial charge in [-0.25, -0.2) is 60.5 Å². The fourth-order valence-electron chi connectivity index (χ4n) is 3.50. The van der Waals surface area contributed by atoms with Crippen molar-refractivity contribution in [1.82, 2.24) is 29.9 Å². The minimum Gasteiger partial charge on any atom is -0.741 e. The zero-order valence-corrected chi connectivity index (χ0v) is 47.3. The van der Waals surface area contributed by atoms with Crippen molar-refractivity contribution in [2.45, 2.75) is 33.0 Å². The van der Waals surface area contributed by atoms with Crippen LogP contribution in [0.15, 0.2) is 134 Å². The van der Waals surface area contributed by atoms with Gasteiger partial charge in [0.15, 0.2) is 60.7 Å². The first kappa shape index (κ1) is 86.6. The summed E-state index contributed by atoms with van der Waals surface area (Å²) in [4.78, 5) is 26.4. The Labute approximate surface area is 492 Å². The van der Waals surface area contributed by atoms with Gasteiger partial charge in [0.2, 0.25) is 0 Å². The maximum absolute atomic E-state index is 10.7. The summed E-state index contributed by atoms with van der Waals surface area (Å²) >= 11 is 0. The molecule has 0 amide bonds. The molecule has 0 atom stereocenters. The first-order valence-electron chi connectivity index (χ1n) is 19.1. The number of hydrogen-bond acceptors (Lipinski definition) is 24. The number of hydrogen-bond donors (Lipinski definition) is 0. The molecule has 6 aromatic rings. The van der Waals surface area contributed by atoms with Crippen molar-refractivity contribution in [3.63, 3.8) is 0 Å². The first-order chi connectivity index (χ1) is 37.4. The van der Waals surface area contributed by atoms with E-state index >= 15 is 0 Å². The molecule has 0 aromatic carbocycles. The maximum atomic E-state index is 10.7. The van der Waals surface area contributed by atoms with Crippen LogP contribution in [0, 0.1) is 0 Å². The minimum absolute atomic E-state index is 0. The van der Waals surface area contributed by atoms with Gasteiger partial charge in [-0.1, -0.05) is 36.4 Å². The van der Waals surface area contributed by atoms with Gasteiger partial charge in [-0.05, 0) is 72.8 Å². The van der Waals surface area contributed by atoms with E-state index in [0.717, 1.165) is 45.6 Å². The molecule has 24 nitrogen and oxygen atoms in total. The van der Waals surface area contributed by atoms with Gasteiger partial charge >= 0.3 is 67.8 Å². The van der Waals surface area contributed by atoms with Gasteiger partial charge in [-0.2, -0.15) is 79.0 Å². The summed E-state index contributed by atoms with van der Waals surface area (Å²) < 4.78 is 353. The van der Waals surface area contributed by atoms with Crippen molar-refractivity contribution in [2.24, 2.45) is 0 Å². The van der Waals surface area contributed by atoms with Crippen LogP contribution in [0.4, 0.5) is 79.0 Å². The quantitative estimate of drug-likeness (QED) is 0.100. The molecule has 0 saturated carbocycles. The van der Waals surface area contributed by atoms with Crippen LogP contribution < -0.4 is 0 Å². The van der Waals surface area contributed by atoms with Crippen molar-refractivity contribution in [3.05, 3.63) is 134 Å². The molecule has 0 N–H and O–H groups in total. The average molecular weight is 1460 g/mol. The topological polar surface area (TPSA) is 421 Å². The molecular weight excluding hydrogens is 1440 g/mol. The van der Waals surface area contributed by atoms with Gasteiger partial charge in [0.25, 0.3) is 0 Å². The number of pyridine rings is 6. The summed E-state index contributed by atoms with van der Waals surface area (Å²) in [7, 11) is -36.5. The Hall–Kier alpha value is -5.84. The summed E-state index contributed by atoms with van der Waals surface area (Å²) in [6.07, 6.45) is 7.07. The molecule has 6 rings (SSSR count). The van der Waals surface area contributed by atoms with E-state index in [-0.39, 0.29) is 34.7 Å². The predicted octanol–water partition coefficient (Wildman–Crippen LogP) is 6.71. The first-order valence-corrected chi connectivity index (χ1v) is 27.5. The Balaban J connectivity index is -0.000000462. The van der Waals surface area contributed by atoms with Crippen LogP contribution in [0.2, 0.25) is 0 Å². The minimum atomic E-state index is -6.09. The second kappa shape index (κ2) is 34.6. The SMILES string of the molecule is O=S(=O)([O-])C(F)(F)F.O=S(=O)([O-])C(F)(F)F.O=S(=O)([O-])C(F)(F)F.O=S(=O)([O-])C(F)(F)F.O=S(=O)([O-])C(F)(F)F.O=S(=O)([O-])C(F)(F)F.[Cr+3].[Cr+3].c1ccc(-c2cccc(-c3ccccn3)n2)nc1.c1ccc(-c2cccc(-c3ccccn3)n2)nc1. The molecule has 6 heterocycles. The summed E-state index contributed by atoms with van der Waals surface area (Å²) in [5.74, 6) is 0. The molecule has 0 aliphatic rings. The summed E-state index contributed by atoms with van der Waals surface area (Å²) in [5, 5.41) is 0. The number of alkyl halides is 18. The Morgan fingerprint density at radius 2 is 0.349 bits per heavy atom. The molecule has 0 unspecified atom stereocenters. The molecule has 0 aliphatic heterocycles. The van der Waals surface area contributed by atoms with Crippen molar-refractivity contribution in [1.29, 1.82) is 0 Å². The number of rotatable bonds is 4. The summed E-state index contributed by atoms with van der Waals surface area (Å²) in [5.41, 5.74) is -27.0. The van der Waals surface area contributed by atoms with Crippen molar-refractivity contribution in [3.8, 4) is 45.6 Å². The van der Waals surface area contributed by atoms with Crippen LogP contribution in [0.5, 0.6) is 0 Å². The second-order valence-corrected chi connectivity index (χ2v) is 21.3. The van der Waals surface area contributed by atoms with E-state index in [1.807, 2.05) is 109 Å². The van der Waals surface area contributed by atoms with Crippen molar-refractivity contribution >= 4 is 60.7 Å². The van der Waals surface area contributed by atoms with Crippen LogP contribution in [-0.2, 0) is 95.4 Å². The van der Waals surface area contributed by atoms with Gasteiger partial charge in [0, 0.05) is 24.8 Å². The molecule has 6 aromatic heterocycles. The van der Waals surface area contributed by atoms with Crippen LogP contribution >= 0.6 is 0 Å². The van der Waals surface area contributed by atoms with Crippen LogP contribution in [-0.4, -0.2) is 141 Å². The van der Waals surface area contributed by atoms with Gasteiger partial charge in [-0.15, -0.1) is 0 Å². The standard InChI is InChI=1S/2C15H11N3.6CHF3O3S.2Cr/c2*1-3-10-16-12(6-1)14-8-5-9-15(18-14)13-7-2-4-11-17-13;6*2-1(3,4)8(5,6)7;;/h2*1-11H;6*(H,5,6,7);;/q;;;;;;;;2*+3/p-6. The Morgan fingerprint density at radius 3 is 0.442 bits per heavy atom. The van der Waals surface area contributed by atoms with E-state index < -0.39 is 93.8 Å². The predicted molar refractivity (Wildman–Crippen MR) is 236 cm³/mol. The molecule has 0 aliphatic carbocycles. The molecule has 86 heavy (non-hydrogen) atoms. The number of aromatic nitrogens is 6. The van der Waals surface area contributed by atoms with Gasteiger partial charge in [0.05, 0.1) is 45.6 Å². The molecular formula is C36H22Cr2F18N6O18S6. The van der Waals surface area contributed by atoms with Gasteiger partial charge in [0.1, 0.15) is 0 Å². The second-order valence-electron chi connectivity index (χ2n) is 13.1. The normalized spacial score (nSPS) is 12.1. The summed E-state index contributed by atoms with van der Waals surface area (Å²) in [6, 6.07) is 35.0. The van der Waals surface area contributed by atoms with E-state index in [9.17, 15) is 79.0 Å². The zero-order valence-electron chi connectivity index (χ0n) is 39.8. The third kappa shape index (κ3) is 34.5. The van der Waals surface area contributed by atoms with Crippen LogP contribution in [0.25, 0.3) is 45.6 Å². The average Bonchev–Trinajstić information content (AvgIpc) is 3.33. The largest absolute Gasteiger partial charge is 3.00 e. The fourth-order valence-corrected chi connectivity index (χ4v) is 3.50.